The highest BCUT2D eigenvalue weighted by molar-refractivity contribution is 6.36. The Bertz CT molecular complexity index is 1140. The summed E-state index contributed by atoms with van der Waals surface area (Å²) in [6.45, 7) is 11.9. The molecule has 0 atom stereocenters. The first-order chi connectivity index (χ1) is 14.8. The normalized spacial score (nSPS) is 12.5. The van der Waals surface area contributed by atoms with E-state index in [4.69, 9.17) is 34.8 Å². The van der Waals surface area contributed by atoms with Gasteiger partial charge in [0.1, 0.15) is 0 Å². The Balaban J connectivity index is 2.09. The molecule has 0 fully saturated rings. The molecule has 5 heteroatoms. The Hall–Kier alpha value is -1.61. The molecule has 0 spiro atoms. The average Bonchev–Trinajstić information content (AvgIpc) is 2.68. The van der Waals surface area contributed by atoms with Gasteiger partial charge < -0.3 is 0 Å². The maximum absolute atomic E-state index is 14.5. The lowest BCUT2D eigenvalue weighted by atomic mass is 9.74. The SMILES string of the molecule is CC(C)c1cc(Cl)c(C(C)(C)c2ccc(C(C)(C)c3cccc(F)c3F)cc2Cl)c(Cl)c1. The van der Waals surface area contributed by atoms with Gasteiger partial charge in [-0.25, -0.2) is 8.78 Å². The van der Waals surface area contributed by atoms with Gasteiger partial charge in [0.2, 0.25) is 0 Å². The molecule has 32 heavy (non-hydrogen) atoms. The van der Waals surface area contributed by atoms with Crippen molar-refractivity contribution in [1.82, 2.24) is 0 Å². The van der Waals surface area contributed by atoms with Crippen molar-refractivity contribution in [1.29, 1.82) is 0 Å². The van der Waals surface area contributed by atoms with Gasteiger partial charge in [0.25, 0.3) is 0 Å². The van der Waals surface area contributed by atoms with Crippen LogP contribution >= 0.6 is 34.8 Å². The minimum Gasteiger partial charge on any atom is -0.204 e. The molecule has 0 aromatic heterocycles. The molecule has 170 valence electrons. The maximum atomic E-state index is 14.5. The molecule has 0 aliphatic rings. The Labute approximate surface area is 204 Å². The van der Waals surface area contributed by atoms with E-state index in [0.717, 1.165) is 28.3 Å². The van der Waals surface area contributed by atoms with Gasteiger partial charge >= 0.3 is 0 Å². The van der Waals surface area contributed by atoms with E-state index in [0.29, 0.717) is 21.0 Å². The molecular weight excluding hydrogens is 469 g/mol. The van der Waals surface area contributed by atoms with Crippen LogP contribution in [0.3, 0.4) is 0 Å². The molecule has 0 amide bonds. The minimum atomic E-state index is -0.867. The van der Waals surface area contributed by atoms with E-state index in [-0.39, 0.29) is 5.56 Å². The lowest BCUT2D eigenvalue weighted by molar-refractivity contribution is 0.475. The largest absolute Gasteiger partial charge is 0.204 e. The second-order valence-electron chi connectivity index (χ2n) is 9.56. The summed E-state index contributed by atoms with van der Waals surface area (Å²) in [5.74, 6) is -1.41. The summed E-state index contributed by atoms with van der Waals surface area (Å²) >= 11 is 20.1. The van der Waals surface area contributed by atoms with Crippen molar-refractivity contribution >= 4 is 34.8 Å². The first kappa shape index (κ1) is 25.0. The molecule has 0 unspecified atom stereocenters. The zero-order valence-corrected chi connectivity index (χ0v) is 21.4. The first-order valence-electron chi connectivity index (χ1n) is 10.5. The van der Waals surface area contributed by atoms with Gasteiger partial charge in [-0.3, -0.25) is 0 Å². The van der Waals surface area contributed by atoms with Crippen LogP contribution in [0, 0.1) is 11.6 Å². The molecule has 0 saturated carbocycles. The first-order valence-corrected chi connectivity index (χ1v) is 11.7. The number of hydrogen-bond donors (Lipinski definition) is 0. The fraction of sp³-hybridized carbons (Fsp3) is 0.333. The molecule has 3 aromatic carbocycles. The minimum absolute atomic E-state index is 0.274. The third-order valence-electron chi connectivity index (χ3n) is 6.35. The van der Waals surface area contributed by atoms with Crippen LogP contribution in [0.15, 0.2) is 48.5 Å². The lowest BCUT2D eigenvalue weighted by Crippen LogP contribution is -2.24. The molecule has 0 saturated heterocycles. The van der Waals surface area contributed by atoms with E-state index < -0.39 is 22.5 Å². The summed E-state index contributed by atoms with van der Waals surface area (Å²) in [5.41, 5.74) is 2.41. The van der Waals surface area contributed by atoms with Gasteiger partial charge in [0.05, 0.1) is 0 Å². The average molecular weight is 496 g/mol. The highest BCUT2D eigenvalue weighted by Gasteiger charge is 2.33. The summed E-state index contributed by atoms with van der Waals surface area (Å²) in [7, 11) is 0. The summed E-state index contributed by atoms with van der Waals surface area (Å²) in [5, 5.41) is 1.69. The van der Waals surface area contributed by atoms with Crippen LogP contribution in [0.2, 0.25) is 15.1 Å². The van der Waals surface area contributed by atoms with E-state index in [1.54, 1.807) is 6.07 Å². The van der Waals surface area contributed by atoms with E-state index in [1.165, 1.54) is 6.07 Å². The van der Waals surface area contributed by atoms with Crippen molar-refractivity contribution in [3.05, 3.63) is 103 Å². The van der Waals surface area contributed by atoms with Crippen LogP contribution in [0.25, 0.3) is 0 Å². The van der Waals surface area contributed by atoms with Crippen molar-refractivity contribution in [2.45, 2.75) is 58.3 Å². The van der Waals surface area contributed by atoms with Crippen molar-refractivity contribution in [2.24, 2.45) is 0 Å². The summed E-state index contributed by atoms with van der Waals surface area (Å²) in [6, 6.07) is 13.8. The summed E-state index contributed by atoms with van der Waals surface area (Å²) in [6.07, 6.45) is 0. The van der Waals surface area contributed by atoms with Crippen LogP contribution in [-0.4, -0.2) is 0 Å². The molecule has 3 rings (SSSR count). The van der Waals surface area contributed by atoms with Crippen molar-refractivity contribution in [3.8, 4) is 0 Å². The Morgan fingerprint density at radius 1 is 0.719 bits per heavy atom. The van der Waals surface area contributed by atoms with Crippen LogP contribution in [0.4, 0.5) is 8.78 Å². The Kier molecular flexibility index (Phi) is 7.01. The predicted octanol–water partition coefficient (Wildman–Crippen LogP) is 9.70. The highest BCUT2D eigenvalue weighted by Crippen LogP contribution is 2.45. The third-order valence-corrected chi connectivity index (χ3v) is 7.25. The highest BCUT2D eigenvalue weighted by atomic mass is 35.5. The fourth-order valence-electron chi connectivity index (χ4n) is 4.21. The van der Waals surface area contributed by atoms with Crippen molar-refractivity contribution < 1.29 is 8.78 Å². The summed E-state index contributed by atoms with van der Waals surface area (Å²) in [4.78, 5) is 0. The van der Waals surface area contributed by atoms with E-state index in [9.17, 15) is 8.78 Å². The molecule has 0 nitrogen and oxygen atoms in total. The molecule has 0 N–H and O–H groups in total. The maximum Gasteiger partial charge on any atom is 0.162 e. The molecule has 0 aliphatic heterocycles. The molecule has 3 aromatic rings. The second kappa shape index (κ2) is 8.97. The zero-order valence-electron chi connectivity index (χ0n) is 19.1. The number of rotatable bonds is 5. The predicted molar refractivity (Wildman–Crippen MR) is 133 cm³/mol. The smallest absolute Gasteiger partial charge is 0.162 e. The molecular formula is C27H27Cl3F2. The van der Waals surface area contributed by atoms with Crippen molar-refractivity contribution in [3.63, 3.8) is 0 Å². The van der Waals surface area contributed by atoms with Crippen LogP contribution in [0.5, 0.6) is 0 Å². The van der Waals surface area contributed by atoms with E-state index in [1.807, 2.05) is 58.0 Å². The van der Waals surface area contributed by atoms with Crippen molar-refractivity contribution in [2.75, 3.05) is 0 Å². The monoisotopic (exact) mass is 494 g/mol. The zero-order chi connectivity index (χ0) is 24.0. The van der Waals surface area contributed by atoms with Gasteiger partial charge in [0.15, 0.2) is 11.6 Å². The van der Waals surface area contributed by atoms with Gasteiger partial charge in [-0.15, -0.1) is 0 Å². The van der Waals surface area contributed by atoms with E-state index in [2.05, 4.69) is 13.8 Å². The van der Waals surface area contributed by atoms with Gasteiger partial charge in [-0.1, -0.05) is 101 Å². The second-order valence-corrected chi connectivity index (χ2v) is 10.8. The summed E-state index contributed by atoms with van der Waals surface area (Å²) < 4.78 is 28.4. The van der Waals surface area contributed by atoms with Gasteiger partial charge in [-0.05, 0) is 52.4 Å². The molecule has 0 bridgehead atoms. The lowest BCUT2D eigenvalue weighted by Gasteiger charge is -2.32. The topological polar surface area (TPSA) is 0 Å². The fourth-order valence-corrected chi connectivity index (χ4v) is 5.60. The number of hydrogen-bond acceptors (Lipinski definition) is 0. The van der Waals surface area contributed by atoms with Crippen LogP contribution in [-0.2, 0) is 10.8 Å². The Morgan fingerprint density at radius 2 is 1.31 bits per heavy atom. The van der Waals surface area contributed by atoms with Gasteiger partial charge in [0, 0.05) is 31.5 Å². The molecule has 0 aliphatic carbocycles. The standard InChI is InChI=1S/C27H27Cl3F2/c1-15(2)16-12-21(29)24(22(30)13-16)27(5,6)18-11-10-17(14-20(18)28)26(3,4)19-8-7-9-23(31)25(19)32/h7-15H,1-6H3. The van der Waals surface area contributed by atoms with E-state index >= 15 is 0 Å². The number of benzene rings is 3. The number of halogens is 5. The quantitative estimate of drug-likeness (QED) is 0.330. The Morgan fingerprint density at radius 3 is 1.84 bits per heavy atom. The third kappa shape index (κ3) is 4.42. The van der Waals surface area contributed by atoms with Crippen LogP contribution < -0.4 is 0 Å². The molecule has 0 heterocycles. The van der Waals surface area contributed by atoms with Crippen LogP contribution in [0.1, 0.15) is 75.3 Å². The molecule has 0 radical (unpaired) electrons. The van der Waals surface area contributed by atoms with Gasteiger partial charge in [-0.2, -0.15) is 0 Å².